The van der Waals surface area contributed by atoms with Crippen LogP contribution in [-0.2, 0) is 20.8 Å². The summed E-state index contributed by atoms with van der Waals surface area (Å²) in [6, 6.07) is 17.5. The van der Waals surface area contributed by atoms with Crippen LogP contribution in [0.5, 0.6) is 0 Å². The largest absolute Gasteiger partial charge is 0.477 e. The minimum atomic E-state index is -1.09. The number of thioether (sulfide) groups is 2. The second-order valence-electron chi connectivity index (χ2n) is 7.87. The molecule has 5 rings (SSSR count). The summed E-state index contributed by atoms with van der Waals surface area (Å²) < 4.78 is 1.03. The van der Waals surface area contributed by atoms with Crippen LogP contribution in [0.15, 0.2) is 70.8 Å². The number of amides is 1. The molecule has 1 fully saturated rings. The van der Waals surface area contributed by atoms with Crippen LogP contribution in [0.25, 0.3) is 10.2 Å². The number of nitrogens with zero attached hydrogens (tertiary/aromatic N) is 2. The Hall–Kier alpha value is -2.62. The first kappa shape index (κ1) is 22.2. The number of aromatic nitrogens is 1. The molecule has 0 spiro atoms. The van der Waals surface area contributed by atoms with E-state index >= 15 is 0 Å². The Kier molecular flexibility index (Phi) is 6.27. The molecule has 2 aromatic carbocycles. The number of carbonyl (C=O) groups is 3. The third-order valence-electron chi connectivity index (χ3n) is 5.65. The molecule has 9 heteroatoms. The summed E-state index contributed by atoms with van der Waals surface area (Å²) in [7, 11) is 0. The topological polar surface area (TPSA) is 87.6 Å². The maximum Gasteiger partial charge on any atom is 0.352 e. The number of Topliss-reactive ketones (excluding diaryl/α,β-unsaturated/α-hetero) is 1. The van der Waals surface area contributed by atoms with Crippen molar-refractivity contribution < 1.29 is 19.5 Å². The number of ketones is 1. The first-order chi connectivity index (χ1) is 16.0. The van der Waals surface area contributed by atoms with Gasteiger partial charge in [0.05, 0.1) is 27.9 Å². The first-order valence-corrected chi connectivity index (χ1v) is 13.3. The zero-order chi connectivity index (χ0) is 22.9. The first-order valence-electron chi connectivity index (χ1n) is 10.5. The number of rotatable bonds is 8. The summed E-state index contributed by atoms with van der Waals surface area (Å²) in [5, 5.41) is 10.3. The van der Waals surface area contributed by atoms with Crippen LogP contribution in [0.2, 0.25) is 0 Å². The number of hydrogen-bond donors (Lipinski definition) is 1. The average Bonchev–Trinajstić information content (AvgIpc) is 3.23. The van der Waals surface area contributed by atoms with Gasteiger partial charge in [0, 0.05) is 22.8 Å². The van der Waals surface area contributed by atoms with Crippen molar-refractivity contribution in [2.24, 2.45) is 5.92 Å². The Morgan fingerprint density at radius 2 is 1.88 bits per heavy atom. The molecule has 3 heterocycles. The van der Waals surface area contributed by atoms with Gasteiger partial charge in [0.15, 0.2) is 0 Å². The molecule has 1 unspecified atom stereocenters. The van der Waals surface area contributed by atoms with Crippen molar-refractivity contribution in [3.8, 4) is 0 Å². The van der Waals surface area contributed by atoms with Gasteiger partial charge in [-0.05, 0) is 29.8 Å². The van der Waals surface area contributed by atoms with E-state index in [0.29, 0.717) is 11.5 Å². The summed E-state index contributed by atoms with van der Waals surface area (Å²) in [6.07, 6.45) is 0.311. The van der Waals surface area contributed by atoms with Crippen molar-refractivity contribution >= 4 is 62.7 Å². The van der Waals surface area contributed by atoms with Gasteiger partial charge in [-0.3, -0.25) is 14.5 Å². The molecule has 0 saturated carbocycles. The highest BCUT2D eigenvalue weighted by atomic mass is 32.2. The fraction of sp³-hybridized carbons (Fsp3) is 0.250. The van der Waals surface area contributed by atoms with Gasteiger partial charge in [-0.1, -0.05) is 30.3 Å². The smallest absolute Gasteiger partial charge is 0.352 e. The molecule has 0 bridgehead atoms. The number of carboxylic acid groups (broad SMARTS) is 1. The van der Waals surface area contributed by atoms with Crippen LogP contribution in [-0.4, -0.2) is 49.5 Å². The van der Waals surface area contributed by atoms with E-state index in [0.717, 1.165) is 25.7 Å². The summed E-state index contributed by atoms with van der Waals surface area (Å²) in [5.41, 5.74) is 1.70. The highest BCUT2D eigenvalue weighted by molar-refractivity contribution is 8.01. The highest BCUT2D eigenvalue weighted by Gasteiger charge is 2.53. The van der Waals surface area contributed by atoms with Crippen molar-refractivity contribution in [3.63, 3.8) is 0 Å². The second-order valence-corrected chi connectivity index (χ2v) is 11.1. The van der Waals surface area contributed by atoms with E-state index in [4.69, 9.17) is 0 Å². The lowest BCUT2D eigenvalue weighted by atomic mass is 9.90. The van der Waals surface area contributed by atoms with E-state index < -0.39 is 11.9 Å². The quantitative estimate of drug-likeness (QED) is 0.364. The van der Waals surface area contributed by atoms with E-state index in [1.807, 2.05) is 54.6 Å². The molecule has 2 atom stereocenters. The van der Waals surface area contributed by atoms with Crippen LogP contribution >= 0.6 is 34.9 Å². The van der Waals surface area contributed by atoms with Crippen LogP contribution < -0.4 is 0 Å². The number of para-hydroxylation sites is 1. The number of thiazole rings is 1. The minimum Gasteiger partial charge on any atom is -0.477 e. The molecule has 1 N–H and O–H groups in total. The Morgan fingerprint density at radius 1 is 1.12 bits per heavy atom. The predicted octanol–water partition coefficient (Wildman–Crippen LogP) is 4.46. The summed E-state index contributed by atoms with van der Waals surface area (Å²) in [6.45, 7) is 0. The molecule has 1 aromatic heterocycles. The van der Waals surface area contributed by atoms with Crippen molar-refractivity contribution in [1.82, 2.24) is 9.88 Å². The maximum atomic E-state index is 12.9. The van der Waals surface area contributed by atoms with Gasteiger partial charge in [-0.25, -0.2) is 9.78 Å². The molecule has 0 aliphatic carbocycles. The number of hydrogen-bond acceptors (Lipinski definition) is 7. The van der Waals surface area contributed by atoms with E-state index in [9.17, 15) is 19.5 Å². The Labute approximate surface area is 203 Å². The van der Waals surface area contributed by atoms with Crippen LogP contribution in [0.4, 0.5) is 0 Å². The third kappa shape index (κ3) is 4.45. The number of carboxylic acids is 1. The Balaban J connectivity index is 1.25. The molecular weight excluding hydrogens is 476 g/mol. The van der Waals surface area contributed by atoms with E-state index in [1.54, 1.807) is 23.5 Å². The van der Waals surface area contributed by atoms with Crippen LogP contribution in [0.3, 0.4) is 0 Å². The molecule has 6 nitrogen and oxygen atoms in total. The van der Waals surface area contributed by atoms with Crippen molar-refractivity contribution in [1.29, 1.82) is 0 Å². The standard InChI is InChI=1S/C24H20N2O4S3/c27-15(11-20-25-18-8-4-5-9-19(18)33-20)10-17-22(28)26-21(24(29)30)14(13-32-23(17)26)12-31-16-6-2-1-3-7-16/h1-9,17,23H,10-13H2,(H,29,30)/t17-,23?/m1/s1. The zero-order valence-electron chi connectivity index (χ0n) is 17.5. The van der Waals surface area contributed by atoms with Gasteiger partial charge >= 0.3 is 5.97 Å². The lowest BCUT2D eigenvalue weighted by Gasteiger charge is -2.49. The summed E-state index contributed by atoms with van der Waals surface area (Å²) in [5.74, 6) is -0.830. The third-order valence-corrected chi connectivity index (χ3v) is 9.18. The van der Waals surface area contributed by atoms with Gasteiger partial charge in [-0.15, -0.1) is 34.9 Å². The average molecular weight is 497 g/mol. The van der Waals surface area contributed by atoms with Crippen molar-refractivity contribution in [3.05, 3.63) is 70.9 Å². The summed E-state index contributed by atoms with van der Waals surface area (Å²) >= 11 is 4.60. The highest BCUT2D eigenvalue weighted by Crippen LogP contribution is 2.46. The molecule has 2 aliphatic rings. The number of aliphatic carboxylic acids is 1. The lowest BCUT2D eigenvalue weighted by molar-refractivity contribution is -0.153. The number of β-lactam (4-membered cyclic amide) rings is 1. The molecule has 1 saturated heterocycles. The van der Waals surface area contributed by atoms with Gasteiger partial charge in [0.25, 0.3) is 0 Å². The normalized spacial score (nSPS) is 20.0. The Bertz CT molecular complexity index is 1240. The fourth-order valence-corrected chi connectivity index (χ4v) is 7.57. The summed E-state index contributed by atoms with van der Waals surface area (Å²) in [4.78, 5) is 44.6. The van der Waals surface area contributed by atoms with Crippen molar-refractivity contribution in [2.75, 3.05) is 11.5 Å². The van der Waals surface area contributed by atoms with Gasteiger partial charge in [0.1, 0.15) is 16.5 Å². The molecule has 2 aliphatic heterocycles. The molecular formula is C24H20N2O4S3. The number of carbonyl (C=O) groups excluding carboxylic acids is 2. The van der Waals surface area contributed by atoms with E-state index in [1.165, 1.54) is 16.2 Å². The minimum absolute atomic E-state index is 0.0426. The fourth-order valence-electron chi connectivity index (χ4n) is 4.10. The number of fused-ring (bicyclic) bond motifs is 2. The number of benzene rings is 2. The molecule has 3 aromatic rings. The molecule has 1 amide bonds. The van der Waals surface area contributed by atoms with E-state index in [2.05, 4.69) is 4.98 Å². The lowest BCUT2D eigenvalue weighted by Crippen LogP contribution is -2.62. The van der Waals surface area contributed by atoms with Gasteiger partial charge in [-0.2, -0.15) is 0 Å². The van der Waals surface area contributed by atoms with Crippen LogP contribution in [0, 0.1) is 5.92 Å². The van der Waals surface area contributed by atoms with Gasteiger partial charge < -0.3 is 5.11 Å². The predicted molar refractivity (Wildman–Crippen MR) is 131 cm³/mol. The monoisotopic (exact) mass is 496 g/mol. The molecule has 168 valence electrons. The SMILES string of the molecule is O=C(Cc1nc2ccccc2s1)C[C@@H]1C(=O)N2C(C(=O)O)=C(CSc3ccccc3)CSC12. The molecule has 0 radical (unpaired) electrons. The zero-order valence-corrected chi connectivity index (χ0v) is 19.9. The Morgan fingerprint density at radius 3 is 2.64 bits per heavy atom. The van der Waals surface area contributed by atoms with Gasteiger partial charge in [0.2, 0.25) is 5.91 Å². The maximum absolute atomic E-state index is 12.9. The van der Waals surface area contributed by atoms with E-state index in [-0.39, 0.29) is 35.6 Å². The molecule has 33 heavy (non-hydrogen) atoms. The van der Waals surface area contributed by atoms with Crippen molar-refractivity contribution in [2.45, 2.75) is 23.1 Å². The second kappa shape index (κ2) is 9.32. The van der Waals surface area contributed by atoms with Crippen LogP contribution in [0.1, 0.15) is 11.4 Å².